The number of carboxylic acid groups (broad SMARTS) is 1. The third-order valence-electron chi connectivity index (χ3n) is 11.8. The van der Waals surface area contributed by atoms with Crippen LogP contribution in [-0.4, -0.2) is 264 Å². The standard InChI is InChI=1S/C39H66N4O27/c1-14(48)41-23-16(50)8-39(38(60)61,69-32(23)25(54)17(51)9-44)70-34-27(56)19(11-46)65-37(30(34)59)67-31-20(12-47)66-35(24(28(31)57)42-15(2)49)68-33-26(55)18(10-45)64-36(29(33)58)62-7-5-3-4-6-22(53)63-13-21(52)43-40/h16-20,23-37,44-47,50-51,54-59H,3-13,40H2,1-2H3,(H,41,48)(H,42,49)(H,43,52)(H,60,61)/t16-,17+,18+,19+,20+,23+,24+,25+,26-,27-,28+,29+,30+,31+,32+,33-,34-,35-,36+,37-,39-/m0/s1. The molecule has 31 nitrogen and oxygen atoms in total. The van der Waals surface area contributed by atoms with E-state index in [1.165, 1.54) is 0 Å². The number of esters is 1. The lowest BCUT2D eigenvalue weighted by molar-refractivity contribution is -0.387. The number of hydrogen-bond donors (Lipinski definition) is 17. The lowest BCUT2D eigenvalue weighted by Gasteiger charge is -2.51. The summed E-state index contributed by atoms with van der Waals surface area (Å²) in [5.41, 5.74) is 1.81. The number of aliphatic carboxylic acids is 1. The summed E-state index contributed by atoms with van der Waals surface area (Å²) in [6, 6.07) is -3.36. The number of hydrogen-bond acceptors (Lipinski definition) is 27. The molecule has 31 heteroatoms. The summed E-state index contributed by atoms with van der Waals surface area (Å²) in [6.45, 7) is -2.68. The minimum absolute atomic E-state index is 0.0425. The van der Waals surface area contributed by atoms with Gasteiger partial charge in [-0.3, -0.25) is 24.6 Å². The second-order valence-corrected chi connectivity index (χ2v) is 16.9. The Morgan fingerprint density at radius 1 is 0.700 bits per heavy atom. The van der Waals surface area contributed by atoms with Crippen molar-refractivity contribution in [3.8, 4) is 0 Å². The van der Waals surface area contributed by atoms with Gasteiger partial charge in [0, 0.05) is 33.3 Å². The summed E-state index contributed by atoms with van der Waals surface area (Å²) in [6.07, 6.45) is -35.0. The van der Waals surface area contributed by atoms with Gasteiger partial charge in [0.25, 0.3) is 11.7 Å². The average Bonchev–Trinajstić information content (AvgIpc) is 3.32. The van der Waals surface area contributed by atoms with Crippen LogP contribution in [0, 0.1) is 0 Å². The number of aliphatic hydroxyl groups is 12. The van der Waals surface area contributed by atoms with E-state index in [0.717, 1.165) is 13.8 Å². The molecule has 4 aliphatic heterocycles. The summed E-state index contributed by atoms with van der Waals surface area (Å²) in [4.78, 5) is 60.4. The van der Waals surface area contributed by atoms with Crippen molar-refractivity contribution in [2.75, 3.05) is 39.6 Å². The van der Waals surface area contributed by atoms with Crippen LogP contribution in [0.3, 0.4) is 0 Å². The van der Waals surface area contributed by atoms with Gasteiger partial charge in [-0.25, -0.2) is 10.6 Å². The van der Waals surface area contributed by atoms with Crippen LogP contribution in [0.1, 0.15) is 46.0 Å². The third-order valence-corrected chi connectivity index (χ3v) is 11.8. The molecule has 0 saturated carbocycles. The highest BCUT2D eigenvalue weighted by atomic mass is 16.8. The number of unbranched alkanes of at least 4 members (excludes halogenated alkanes) is 2. The summed E-state index contributed by atoms with van der Waals surface area (Å²) in [7, 11) is 0. The molecule has 4 rings (SSSR count). The molecule has 4 saturated heterocycles. The van der Waals surface area contributed by atoms with Crippen molar-refractivity contribution in [3.63, 3.8) is 0 Å². The second-order valence-electron chi connectivity index (χ2n) is 16.9. The first-order valence-electron chi connectivity index (χ1n) is 22.1. The summed E-state index contributed by atoms with van der Waals surface area (Å²) >= 11 is 0. The van der Waals surface area contributed by atoms with Crippen LogP contribution in [0.2, 0.25) is 0 Å². The molecule has 21 atom stereocenters. The van der Waals surface area contributed by atoms with E-state index in [9.17, 15) is 90.4 Å². The van der Waals surface area contributed by atoms with E-state index in [4.69, 9.17) is 48.5 Å². The molecule has 4 fully saturated rings. The van der Waals surface area contributed by atoms with Crippen LogP contribution in [0.25, 0.3) is 0 Å². The Bertz CT molecular complexity index is 1710. The maximum Gasteiger partial charge on any atom is 0.364 e. The predicted octanol–water partition coefficient (Wildman–Crippen LogP) is -10.1. The Morgan fingerprint density at radius 2 is 1.26 bits per heavy atom. The molecule has 70 heavy (non-hydrogen) atoms. The van der Waals surface area contributed by atoms with Crippen molar-refractivity contribution in [1.29, 1.82) is 0 Å². The molecule has 18 N–H and O–H groups in total. The fraction of sp³-hybridized carbons (Fsp3) is 0.872. The molecular weight excluding hydrogens is 956 g/mol. The van der Waals surface area contributed by atoms with Gasteiger partial charge in [-0.1, -0.05) is 6.42 Å². The summed E-state index contributed by atoms with van der Waals surface area (Å²) in [5, 5.41) is 144. The van der Waals surface area contributed by atoms with Crippen LogP contribution in [-0.2, 0) is 66.6 Å². The van der Waals surface area contributed by atoms with Crippen LogP contribution >= 0.6 is 0 Å². The molecule has 0 spiro atoms. The fourth-order valence-electron chi connectivity index (χ4n) is 8.18. The fourth-order valence-corrected chi connectivity index (χ4v) is 8.18. The van der Waals surface area contributed by atoms with Gasteiger partial charge in [-0.2, -0.15) is 0 Å². The molecule has 0 bridgehead atoms. The van der Waals surface area contributed by atoms with E-state index in [0.29, 0.717) is 19.3 Å². The van der Waals surface area contributed by atoms with E-state index in [-0.39, 0.29) is 13.0 Å². The largest absolute Gasteiger partial charge is 0.477 e. The maximum atomic E-state index is 12.9. The zero-order valence-corrected chi connectivity index (χ0v) is 37.9. The Hall–Kier alpha value is -3.49. The highest BCUT2D eigenvalue weighted by Gasteiger charge is 2.60. The molecule has 0 aromatic rings. The predicted molar refractivity (Wildman–Crippen MR) is 220 cm³/mol. The first-order chi connectivity index (χ1) is 33.1. The van der Waals surface area contributed by atoms with Crippen molar-refractivity contribution in [3.05, 3.63) is 0 Å². The lowest BCUT2D eigenvalue weighted by Crippen LogP contribution is -2.71. The minimum Gasteiger partial charge on any atom is -0.477 e. The number of rotatable bonds is 24. The van der Waals surface area contributed by atoms with E-state index >= 15 is 0 Å². The Labute approximate surface area is 398 Å². The van der Waals surface area contributed by atoms with E-state index in [1.54, 1.807) is 0 Å². The first-order valence-corrected chi connectivity index (χ1v) is 22.1. The zero-order valence-electron chi connectivity index (χ0n) is 37.9. The average molecular weight is 1020 g/mol. The van der Waals surface area contributed by atoms with Crippen molar-refractivity contribution >= 4 is 29.7 Å². The molecule has 0 aliphatic carbocycles. The number of amides is 3. The van der Waals surface area contributed by atoms with E-state index in [2.05, 4.69) is 10.6 Å². The monoisotopic (exact) mass is 1020 g/mol. The Kier molecular flexibility index (Phi) is 22.8. The van der Waals surface area contributed by atoms with Crippen molar-refractivity contribution in [2.45, 2.75) is 174 Å². The van der Waals surface area contributed by atoms with E-state index in [1.807, 2.05) is 5.43 Å². The number of aliphatic hydroxyl groups excluding tert-OH is 12. The number of carbonyl (C=O) groups is 5. The normalized spacial score (nSPS) is 38.7. The quantitative estimate of drug-likeness (QED) is 0.0140. The zero-order chi connectivity index (χ0) is 52.2. The molecule has 0 aromatic heterocycles. The van der Waals surface area contributed by atoms with Gasteiger partial charge in [0.2, 0.25) is 11.8 Å². The highest BCUT2D eigenvalue weighted by molar-refractivity contribution is 5.80. The van der Waals surface area contributed by atoms with Gasteiger partial charge in [0.15, 0.2) is 25.5 Å². The SMILES string of the molecule is CC(=O)N[C@H]1[C@H](O[C@H]2[C@@H](O)[C@@H](CO)O[C@@H](OCCCCCC(=O)OCC(=O)NN)[C@@H]2O)O[C@H](CO)[C@@H](O[C@@H]2O[C@H](CO)[C@H](O)[C@H](O[C@]3(C(=O)O)C[C@H](O)[C@@H](NC(C)=O)[C@H]([C@H](O)[C@H](O)CO)O3)[C@H]2O)[C@@H]1O. The van der Waals surface area contributed by atoms with Gasteiger partial charge in [-0.15, -0.1) is 0 Å². The summed E-state index contributed by atoms with van der Waals surface area (Å²) in [5.74, 6) is -3.23. The van der Waals surface area contributed by atoms with Crippen molar-refractivity contribution in [1.82, 2.24) is 16.1 Å². The smallest absolute Gasteiger partial charge is 0.364 e. The number of hydrazine groups is 1. The lowest BCUT2D eigenvalue weighted by atomic mass is 9.88. The molecule has 404 valence electrons. The second kappa shape index (κ2) is 27.0. The highest BCUT2D eigenvalue weighted by Crippen LogP contribution is 2.39. The first kappa shape index (κ1) is 59.1. The number of ether oxygens (including phenoxy) is 9. The summed E-state index contributed by atoms with van der Waals surface area (Å²) < 4.78 is 50.5. The number of nitrogens with two attached hydrogens (primary N) is 1. The molecule has 4 heterocycles. The van der Waals surface area contributed by atoms with Crippen LogP contribution < -0.4 is 21.9 Å². The van der Waals surface area contributed by atoms with Crippen molar-refractivity contribution in [2.24, 2.45) is 5.84 Å². The van der Waals surface area contributed by atoms with E-state index < -0.39 is 197 Å². The van der Waals surface area contributed by atoms with Crippen LogP contribution in [0.4, 0.5) is 0 Å². The van der Waals surface area contributed by atoms with Gasteiger partial charge in [0.05, 0.1) is 38.6 Å². The molecule has 0 radical (unpaired) electrons. The number of carbonyl (C=O) groups excluding carboxylic acids is 4. The van der Waals surface area contributed by atoms with Crippen LogP contribution in [0.5, 0.6) is 0 Å². The molecular formula is C39H66N4O27. The maximum absolute atomic E-state index is 12.9. The Morgan fingerprint density at radius 3 is 1.83 bits per heavy atom. The number of carboxylic acids is 1. The Balaban J connectivity index is 1.52. The minimum atomic E-state index is -3.14. The van der Waals surface area contributed by atoms with Gasteiger partial charge in [-0.05, 0) is 12.8 Å². The van der Waals surface area contributed by atoms with Gasteiger partial charge < -0.3 is 120 Å². The topological polar surface area (TPSA) is 494 Å². The molecule has 0 unspecified atom stereocenters. The molecule has 0 aromatic carbocycles. The molecule has 3 amide bonds. The van der Waals surface area contributed by atoms with Gasteiger partial charge >= 0.3 is 11.9 Å². The van der Waals surface area contributed by atoms with Crippen LogP contribution in [0.15, 0.2) is 0 Å². The van der Waals surface area contributed by atoms with Crippen molar-refractivity contribution < 1.29 is 133 Å². The van der Waals surface area contributed by atoms with Gasteiger partial charge in [0.1, 0.15) is 91.5 Å². The third kappa shape index (κ3) is 14.6. The number of nitrogens with one attached hydrogen (secondary N) is 3. The molecule has 4 aliphatic rings.